The second-order valence-electron chi connectivity index (χ2n) is 6.49. The maximum absolute atomic E-state index is 12.4. The van der Waals surface area contributed by atoms with E-state index in [1.165, 1.54) is 12.8 Å². The minimum absolute atomic E-state index is 0.0683. The Morgan fingerprint density at radius 3 is 2.71 bits per heavy atom. The third kappa shape index (κ3) is 2.49. The third-order valence-electron chi connectivity index (χ3n) is 4.33. The third-order valence-corrected chi connectivity index (χ3v) is 4.33. The summed E-state index contributed by atoms with van der Waals surface area (Å²) in [7, 11) is 0. The predicted octanol–water partition coefficient (Wildman–Crippen LogP) is 2.51. The van der Waals surface area contributed by atoms with Crippen molar-refractivity contribution < 1.29 is 4.79 Å². The lowest BCUT2D eigenvalue weighted by atomic mass is 9.91. The van der Waals surface area contributed by atoms with Gasteiger partial charge >= 0.3 is 0 Å². The average Bonchev–Trinajstić information content (AvgIpc) is 2.69. The van der Waals surface area contributed by atoms with Crippen LogP contribution >= 0.6 is 0 Å². The number of hydrogen-bond acceptors (Lipinski definition) is 2. The molecule has 0 aromatic rings. The molecular formula is C14H26N2O. The molecule has 2 rings (SSSR count). The summed E-state index contributed by atoms with van der Waals surface area (Å²) in [6, 6.07) is 0.528. The highest BCUT2D eigenvalue weighted by Gasteiger charge is 2.43. The molecule has 0 bridgehead atoms. The number of nitrogens with zero attached hydrogens (tertiary/aromatic N) is 1. The Kier molecular flexibility index (Phi) is 3.48. The molecule has 3 atom stereocenters. The Bertz CT molecular complexity index is 301. The van der Waals surface area contributed by atoms with Crippen LogP contribution < -0.4 is 5.32 Å². The van der Waals surface area contributed by atoms with Crippen LogP contribution in [0.4, 0.5) is 0 Å². The van der Waals surface area contributed by atoms with E-state index in [9.17, 15) is 4.79 Å². The first-order chi connectivity index (χ1) is 7.94. The van der Waals surface area contributed by atoms with E-state index >= 15 is 0 Å². The van der Waals surface area contributed by atoms with Gasteiger partial charge < -0.3 is 4.90 Å². The quantitative estimate of drug-likeness (QED) is 0.819. The minimum atomic E-state index is 0.0683. The second-order valence-corrected chi connectivity index (χ2v) is 6.49. The van der Waals surface area contributed by atoms with Crippen LogP contribution in [0, 0.1) is 5.41 Å². The van der Waals surface area contributed by atoms with Gasteiger partial charge in [0.15, 0.2) is 0 Å². The maximum Gasteiger partial charge on any atom is 0.241 e. The fourth-order valence-electron chi connectivity index (χ4n) is 3.44. The summed E-state index contributed by atoms with van der Waals surface area (Å²) in [5, 5.41) is 3.44. The Hall–Kier alpha value is -0.570. The van der Waals surface area contributed by atoms with Crippen LogP contribution in [0.15, 0.2) is 0 Å². The van der Waals surface area contributed by atoms with Gasteiger partial charge in [0.05, 0.1) is 12.2 Å². The molecule has 3 unspecified atom stereocenters. The average molecular weight is 238 g/mol. The number of carbonyl (C=O) groups excluding carboxylic acids is 1. The van der Waals surface area contributed by atoms with E-state index < -0.39 is 0 Å². The van der Waals surface area contributed by atoms with E-state index in [1.807, 2.05) is 0 Å². The number of hydrogen-bond donors (Lipinski definition) is 1. The first-order valence-corrected chi connectivity index (χ1v) is 7.03. The van der Waals surface area contributed by atoms with Gasteiger partial charge in [0.25, 0.3) is 0 Å². The molecule has 2 aliphatic rings. The lowest BCUT2D eigenvalue weighted by molar-refractivity contribution is -0.132. The topological polar surface area (TPSA) is 32.3 Å². The molecule has 17 heavy (non-hydrogen) atoms. The van der Waals surface area contributed by atoms with Crippen molar-refractivity contribution in [1.29, 1.82) is 0 Å². The molecular weight excluding hydrogens is 212 g/mol. The molecule has 0 radical (unpaired) electrons. The second kappa shape index (κ2) is 4.60. The van der Waals surface area contributed by atoms with Gasteiger partial charge in [0.2, 0.25) is 5.91 Å². The summed E-state index contributed by atoms with van der Waals surface area (Å²) in [5.41, 5.74) is 0.410. The first-order valence-electron chi connectivity index (χ1n) is 7.03. The molecule has 3 heteroatoms. The Balaban J connectivity index is 2.04. The molecule has 0 spiro atoms. The van der Waals surface area contributed by atoms with Crippen molar-refractivity contribution in [3.05, 3.63) is 0 Å². The molecule has 1 heterocycles. The largest absolute Gasteiger partial charge is 0.323 e. The van der Waals surface area contributed by atoms with E-state index in [0.29, 0.717) is 17.4 Å². The first kappa shape index (κ1) is 12.9. The molecule has 3 nitrogen and oxygen atoms in total. The molecule has 1 N–H and O–H groups in total. The van der Waals surface area contributed by atoms with Gasteiger partial charge in [-0.3, -0.25) is 10.1 Å². The Morgan fingerprint density at radius 1 is 1.47 bits per heavy atom. The zero-order valence-corrected chi connectivity index (χ0v) is 11.6. The van der Waals surface area contributed by atoms with Crippen molar-refractivity contribution in [2.24, 2.45) is 5.41 Å². The zero-order chi connectivity index (χ0) is 12.6. The van der Waals surface area contributed by atoms with E-state index in [0.717, 1.165) is 19.3 Å². The van der Waals surface area contributed by atoms with E-state index in [2.05, 4.69) is 37.9 Å². The van der Waals surface area contributed by atoms with Crippen LogP contribution in [-0.4, -0.2) is 29.1 Å². The van der Waals surface area contributed by atoms with Crippen LogP contribution in [0.1, 0.15) is 59.8 Å². The summed E-state index contributed by atoms with van der Waals surface area (Å²) >= 11 is 0. The van der Waals surface area contributed by atoms with E-state index in [1.54, 1.807) is 0 Å². The molecule has 0 aromatic carbocycles. The van der Waals surface area contributed by atoms with Crippen molar-refractivity contribution in [1.82, 2.24) is 10.2 Å². The highest BCUT2D eigenvalue weighted by molar-refractivity contribution is 5.84. The van der Waals surface area contributed by atoms with Crippen LogP contribution in [0.2, 0.25) is 0 Å². The molecule has 1 aliphatic heterocycles. The molecule has 0 aromatic heterocycles. The number of nitrogens with one attached hydrogen (secondary N) is 1. The molecule has 1 amide bonds. The maximum atomic E-state index is 12.4. The summed E-state index contributed by atoms with van der Waals surface area (Å²) in [4.78, 5) is 14.5. The Morgan fingerprint density at radius 2 is 2.18 bits per heavy atom. The van der Waals surface area contributed by atoms with Crippen LogP contribution in [0.25, 0.3) is 0 Å². The molecule has 2 fully saturated rings. The SMILES string of the molecule is CCCC1NC(C)N(C2CCC(C)(C)C2)C1=O. The molecule has 1 saturated carbocycles. The fourth-order valence-corrected chi connectivity index (χ4v) is 3.44. The normalized spacial score (nSPS) is 36.8. The smallest absolute Gasteiger partial charge is 0.241 e. The van der Waals surface area contributed by atoms with Crippen LogP contribution in [0.3, 0.4) is 0 Å². The van der Waals surface area contributed by atoms with Gasteiger partial charge in [-0.1, -0.05) is 27.2 Å². The lowest BCUT2D eigenvalue weighted by Gasteiger charge is -2.29. The van der Waals surface area contributed by atoms with Crippen molar-refractivity contribution in [2.45, 2.75) is 78.0 Å². The van der Waals surface area contributed by atoms with Crippen molar-refractivity contribution >= 4 is 5.91 Å². The van der Waals surface area contributed by atoms with Crippen LogP contribution in [0.5, 0.6) is 0 Å². The van der Waals surface area contributed by atoms with Gasteiger partial charge in [0.1, 0.15) is 0 Å². The number of carbonyl (C=O) groups is 1. The van der Waals surface area contributed by atoms with Crippen molar-refractivity contribution in [3.8, 4) is 0 Å². The zero-order valence-electron chi connectivity index (χ0n) is 11.6. The van der Waals surface area contributed by atoms with E-state index in [4.69, 9.17) is 0 Å². The molecule has 1 saturated heterocycles. The summed E-state index contributed by atoms with van der Waals surface area (Å²) in [6.07, 6.45) is 5.83. The van der Waals surface area contributed by atoms with Gasteiger partial charge in [0, 0.05) is 6.04 Å². The van der Waals surface area contributed by atoms with Gasteiger partial charge in [-0.15, -0.1) is 0 Å². The number of amides is 1. The summed E-state index contributed by atoms with van der Waals surface area (Å²) < 4.78 is 0. The lowest BCUT2D eigenvalue weighted by Crippen LogP contribution is -2.42. The summed E-state index contributed by atoms with van der Waals surface area (Å²) in [6.45, 7) is 8.89. The fraction of sp³-hybridized carbons (Fsp3) is 0.929. The van der Waals surface area contributed by atoms with Crippen molar-refractivity contribution in [2.75, 3.05) is 0 Å². The number of rotatable bonds is 3. The van der Waals surface area contributed by atoms with Gasteiger partial charge in [-0.05, 0) is 38.0 Å². The summed E-state index contributed by atoms with van der Waals surface area (Å²) in [5.74, 6) is 0.335. The molecule has 98 valence electrons. The standard InChI is InChI=1S/C14H26N2O/c1-5-6-12-13(17)16(10(2)15-12)11-7-8-14(3,4)9-11/h10-12,15H,5-9H2,1-4H3. The Labute approximate surface area is 105 Å². The molecule has 1 aliphatic carbocycles. The highest BCUT2D eigenvalue weighted by atomic mass is 16.2. The van der Waals surface area contributed by atoms with Gasteiger partial charge in [-0.2, -0.15) is 0 Å². The van der Waals surface area contributed by atoms with Crippen LogP contribution in [-0.2, 0) is 4.79 Å². The van der Waals surface area contributed by atoms with Crippen molar-refractivity contribution in [3.63, 3.8) is 0 Å². The predicted molar refractivity (Wildman–Crippen MR) is 69.6 cm³/mol. The highest BCUT2D eigenvalue weighted by Crippen LogP contribution is 2.40. The monoisotopic (exact) mass is 238 g/mol. The van der Waals surface area contributed by atoms with Gasteiger partial charge in [-0.25, -0.2) is 0 Å². The minimum Gasteiger partial charge on any atom is -0.323 e. The van der Waals surface area contributed by atoms with E-state index in [-0.39, 0.29) is 12.2 Å².